The molecular weight excluding hydrogens is 292 g/mol. The Bertz CT molecular complexity index is 790. The van der Waals surface area contributed by atoms with Gasteiger partial charge in [-0.2, -0.15) is 4.74 Å². The summed E-state index contributed by atoms with van der Waals surface area (Å²) in [5, 5.41) is 12.4. The van der Waals surface area contributed by atoms with Crippen molar-refractivity contribution in [3.63, 3.8) is 0 Å². The summed E-state index contributed by atoms with van der Waals surface area (Å²) in [5.74, 6) is -0.213. The molecular formula is C18H16N2O3. The Balaban J connectivity index is 1.67. The Kier molecular flexibility index (Phi) is 3.35. The molecule has 2 aromatic carbocycles. The summed E-state index contributed by atoms with van der Waals surface area (Å²) in [6.45, 7) is 3.16. The number of carbonyl (C=O) groups is 1. The molecule has 116 valence electrons. The average molecular weight is 308 g/mol. The first kappa shape index (κ1) is 14.0. The van der Waals surface area contributed by atoms with E-state index in [2.05, 4.69) is 4.90 Å². The van der Waals surface area contributed by atoms with Crippen LogP contribution >= 0.6 is 0 Å². The highest BCUT2D eigenvalue weighted by atomic mass is 16.5. The van der Waals surface area contributed by atoms with E-state index < -0.39 is 0 Å². The van der Waals surface area contributed by atoms with Crippen molar-refractivity contribution < 1.29 is 14.3 Å². The molecule has 1 saturated heterocycles. The van der Waals surface area contributed by atoms with Crippen molar-refractivity contribution in [1.82, 2.24) is 0 Å². The van der Waals surface area contributed by atoms with E-state index in [4.69, 9.17) is 4.74 Å². The minimum Gasteiger partial charge on any atom is -0.618 e. The number of morpholine rings is 1. The monoisotopic (exact) mass is 308 g/mol. The van der Waals surface area contributed by atoms with Crippen LogP contribution in [-0.4, -0.2) is 42.5 Å². The Morgan fingerprint density at radius 1 is 1.00 bits per heavy atom. The zero-order valence-electron chi connectivity index (χ0n) is 12.6. The largest absolute Gasteiger partial charge is 0.618 e. The third kappa shape index (κ3) is 2.29. The van der Waals surface area contributed by atoms with E-state index in [1.165, 1.54) is 0 Å². The first-order valence-electron chi connectivity index (χ1n) is 7.67. The molecule has 23 heavy (non-hydrogen) atoms. The summed E-state index contributed by atoms with van der Waals surface area (Å²) in [6, 6.07) is 14.5. The molecule has 0 aromatic heterocycles. The lowest BCUT2D eigenvalue weighted by molar-refractivity contribution is -0.355. The van der Waals surface area contributed by atoms with Gasteiger partial charge in [-0.1, -0.05) is 12.1 Å². The number of ether oxygens (including phenoxy) is 1. The molecule has 2 aliphatic heterocycles. The van der Waals surface area contributed by atoms with Crippen LogP contribution < -0.4 is 4.90 Å². The fourth-order valence-electron chi connectivity index (χ4n) is 3.08. The van der Waals surface area contributed by atoms with E-state index in [1.807, 2.05) is 24.3 Å². The molecule has 1 fully saturated rings. The van der Waals surface area contributed by atoms with Gasteiger partial charge in [0, 0.05) is 24.8 Å². The van der Waals surface area contributed by atoms with Crippen LogP contribution in [-0.2, 0) is 4.74 Å². The molecule has 0 amide bonds. The van der Waals surface area contributed by atoms with Gasteiger partial charge in [0.05, 0.1) is 18.8 Å². The van der Waals surface area contributed by atoms with Gasteiger partial charge in [0.15, 0.2) is 0 Å². The average Bonchev–Trinajstić information content (AvgIpc) is 2.87. The number of fused-ring (bicyclic) bond motifs is 1. The summed E-state index contributed by atoms with van der Waals surface area (Å²) in [6.07, 6.45) is 0. The Morgan fingerprint density at radius 2 is 1.70 bits per heavy atom. The highest BCUT2D eigenvalue weighted by molar-refractivity contribution is 6.52. The van der Waals surface area contributed by atoms with Crippen LogP contribution in [0.1, 0.15) is 15.9 Å². The lowest BCUT2D eigenvalue weighted by Gasteiger charge is -2.28. The Labute approximate surface area is 134 Å². The third-order valence-corrected chi connectivity index (χ3v) is 4.30. The van der Waals surface area contributed by atoms with Gasteiger partial charge in [-0.05, 0) is 30.3 Å². The highest BCUT2D eigenvalue weighted by Gasteiger charge is 2.36. The normalized spacial score (nSPS) is 17.6. The van der Waals surface area contributed by atoms with Gasteiger partial charge in [0.2, 0.25) is 5.69 Å². The van der Waals surface area contributed by atoms with Crippen LogP contribution in [0.2, 0.25) is 0 Å². The number of Topliss-reactive ketones (excluding diaryl/α,β-unsaturated/α-hetero) is 1. The maximum absolute atomic E-state index is 12.5. The van der Waals surface area contributed by atoms with E-state index >= 15 is 0 Å². The maximum Gasteiger partial charge on any atom is 0.272 e. The number of ketones is 1. The number of rotatable bonds is 2. The minimum absolute atomic E-state index is 0.194. The van der Waals surface area contributed by atoms with Crippen molar-refractivity contribution in [2.75, 3.05) is 31.2 Å². The molecule has 2 heterocycles. The highest BCUT2D eigenvalue weighted by Crippen LogP contribution is 2.28. The van der Waals surface area contributed by atoms with Crippen LogP contribution in [0.15, 0.2) is 48.5 Å². The zero-order valence-corrected chi connectivity index (χ0v) is 12.6. The lowest BCUT2D eigenvalue weighted by Crippen LogP contribution is -2.36. The first-order valence-corrected chi connectivity index (χ1v) is 7.67. The van der Waals surface area contributed by atoms with Crippen molar-refractivity contribution in [1.29, 1.82) is 0 Å². The van der Waals surface area contributed by atoms with Gasteiger partial charge >= 0.3 is 0 Å². The number of hydrogen-bond donors (Lipinski definition) is 0. The second-order valence-electron chi connectivity index (χ2n) is 5.64. The summed E-state index contributed by atoms with van der Waals surface area (Å²) in [4.78, 5) is 14.7. The van der Waals surface area contributed by atoms with Gasteiger partial charge in [-0.15, -0.1) is 0 Å². The number of benzene rings is 2. The molecule has 5 heteroatoms. The molecule has 0 N–H and O–H groups in total. The fraction of sp³-hybridized carbons (Fsp3) is 0.222. The van der Waals surface area contributed by atoms with E-state index in [-0.39, 0.29) is 11.5 Å². The predicted octanol–water partition coefficient (Wildman–Crippen LogP) is 2.35. The van der Waals surface area contributed by atoms with Gasteiger partial charge in [0.25, 0.3) is 11.5 Å². The molecule has 0 atom stereocenters. The van der Waals surface area contributed by atoms with E-state index in [0.29, 0.717) is 16.8 Å². The molecule has 0 radical (unpaired) electrons. The quantitative estimate of drug-likeness (QED) is 0.631. The molecule has 0 bridgehead atoms. The van der Waals surface area contributed by atoms with Gasteiger partial charge in [-0.25, -0.2) is 0 Å². The number of anilines is 1. The van der Waals surface area contributed by atoms with Crippen molar-refractivity contribution >= 4 is 22.9 Å². The van der Waals surface area contributed by atoms with Crippen LogP contribution in [0.25, 0.3) is 0 Å². The zero-order chi connectivity index (χ0) is 15.8. The SMILES string of the molecule is O=C1C(c2ccc(N3CCOCC3)cc2)=[N+]([O-])c2ccccc21. The molecule has 0 unspecified atom stereocenters. The number of hydrogen-bond acceptors (Lipinski definition) is 4. The smallest absolute Gasteiger partial charge is 0.272 e. The van der Waals surface area contributed by atoms with E-state index in [9.17, 15) is 10.0 Å². The molecule has 2 aromatic rings. The topological polar surface area (TPSA) is 55.6 Å². The summed E-state index contributed by atoms with van der Waals surface area (Å²) in [7, 11) is 0. The molecule has 2 aliphatic rings. The predicted molar refractivity (Wildman–Crippen MR) is 87.6 cm³/mol. The van der Waals surface area contributed by atoms with E-state index in [1.54, 1.807) is 24.3 Å². The standard InChI is InChI=1S/C18H16N2O3/c21-18-15-3-1-2-4-16(15)20(22)17(18)13-5-7-14(8-6-13)19-9-11-23-12-10-19/h1-8H,9-12H2. The van der Waals surface area contributed by atoms with Crippen LogP contribution in [0.3, 0.4) is 0 Å². The number of para-hydroxylation sites is 1. The third-order valence-electron chi connectivity index (χ3n) is 4.30. The molecule has 4 rings (SSSR count). The fourth-order valence-corrected chi connectivity index (χ4v) is 3.08. The van der Waals surface area contributed by atoms with E-state index in [0.717, 1.165) is 36.7 Å². The summed E-state index contributed by atoms with van der Waals surface area (Å²) >= 11 is 0. The minimum atomic E-state index is -0.213. The number of nitrogens with zero attached hydrogens (tertiary/aromatic N) is 2. The summed E-state index contributed by atoms with van der Waals surface area (Å²) < 4.78 is 6.09. The van der Waals surface area contributed by atoms with Crippen molar-refractivity contribution in [3.05, 3.63) is 64.9 Å². The van der Waals surface area contributed by atoms with Gasteiger partial charge < -0.3 is 14.8 Å². The molecule has 0 aliphatic carbocycles. The van der Waals surface area contributed by atoms with Gasteiger partial charge in [0.1, 0.15) is 5.56 Å². The molecule has 5 nitrogen and oxygen atoms in total. The first-order chi connectivity index (χ1) is 11.3. The lowest BCUT2D eigenvalue weighted by atomic mass is 10.0. The Hall–Kier alpha value is -2.66. The number of carbonyl (C=O) groups excluding carboxylic acids is 1. The van der Waals surface area contributed by atoms with Crippen LogP contribution in [0, 0.1) is 5.21 Å². The maximum atomic E-state index is 12.5. The van der Waals surface area contributed by atoms with Crippen LogP contribution in [0.5, 0.6) is 0 Å². The van der Waals surface area contributed by atoms with Crippen molar-refractivity contribution in [3.8, 4) is 0 Å². The Morgan fingerprint density at radius 3 is 2.39 bits per heavy atom. The molecule has 0 spiro atoms. The van der Waals surface area contributed by atoms with Crippen molar-refractivity contribution in [2.45, 2.75) is 0 Å². The van der Waals surface area contributed by atoms with Crippen LogP contribution in [0.4, 0.5) is 11.4 Å². The van der Waals surface area contributed by atoms with Gasteiger partial charge in [-0.3, -0.25) is 4.79 Å². The molecule has 0 saturated carbocycles. The second kappa shape index (κ2) is 5.52. The summed E-state index contributed by atoms with van der Waals surface area (Å²) in [5.41, 5.74) is 2.82. The van der Waals surface area contributed by atoms with Crippen molar-refractivity contribution in [2.24, 2.45) is 0 Å². The second-order valence-corrected chi connectivity index (χ2v) is 5.64.